The van der Waals surface area contributed by atoms with Crippen molar-refractivity contribution in [3.8, 4) is 0 Å². The molecule has 0 heterocycles. The molecule has 0 saturated heterocycles. The second kappa shape index (κ2) is 5.85. The van der Waals surface area contributed by atoms with E-state index < -0.39 is 0 Å². The van der Waals surface area contributed by atoms with Gasteiger partial charge in [0.1, 0.15) is 0 Å². The Morgan fingerprint density at radius 1 is 1.12 bits per heavy atom. The molecule has 2 fully saturated rings. The molecule has 0 aliphatic heterocycles. The van der Waals surface area contributed by atoms with Gasteiger partial charge in [-0.1, -0.05) is 6.92 Å². The molecule has 2 aliphatic carbocycles. The Hall–Kier alpha value is -0.570. The topological polar surface area (TPSA) is 46.3 Å². The third kappa shape index (κ3) is 3.44. The molecule has 98 valence electrons. The number of hydrogen-bond donors (Lipinski definition) is 1. The summed E-state index contributed by atoms with van der Waals surface area (Å²) >= 11 is 0. The van der Waals surface area contributed by atoms with Gasteiger partial charge in [0.15, 0.2) is 0 Å². The lowest BCUT2D eigenvalue weighted by Gasteiger charge is -2.36. The number of rotatable bonds is 5. The molecule has 0 aromatic carbocycles. The molecule has 2 saturated carbocycles. The molecular weight excluding hydrogens is 212 g/mol. The van der Waals surface area contributed by atoms with Crippen LogP contribution in [0.2, 0.25) is 0 Å². The zero-order valence-electron chi connectivity index (χ0n) is 11.0. The van der Waals surface area contributed by atoms with Crippen LogP contribution >= 0.6 is 0 Å². The predicted molar refractivity (Wildman–Crippen MR) is 69.6 cm³/mol. The quantitative estimate of drug-likeness (QED) is 0.799. The maximum Gasteiger partial charge on any atom is 0.223 e. The van der Waals surface area contributed by atoms with E-state index in [9.17, 15) is 4.79 Å². The van der Waals surface area contributed by atoms with E-state index in [2.05, 4.69) is 11.8 Å². The van der Waals surface area contributed by atoms with Gasteiger partial charge in [0.25, 0.3) is 0 Å². The number of hydrogen-bond acceptors (Lipinski definition) is 2. The van der Waals surface area contributed by atoms with Crippen molar-refractivity contribution in [3.05, 3.63) is 0 Å². The lowest BCUT2D eigenvalue weighted by molar-refractivity contribution is -0.135. The highest BCUT2D eigenvalue weighted by atomic mass is 16.2. The number of carbonyl (C=O) groups is 1. The van der Waals surface area contributed by atoms with Gasteiger partial charge in [0.2, 0.25) is 5.91 Å². The van der Waals surface area contributed by atoms with Gasteiger partial charge in [-0.15, -0.1) is 0 Å². The molecule has 0 bridgehead atoms. The zero-order chi connectivity index (χ0) is 12.3. The van der Waals surface area contributed by atoms with Crippen LogP contribution in [0.5, 0.6) is 0 Å². The minimum absolute atomic E-state index is 0.359. The van der Waals surface area contributed by atoms with E-state index in [4.69, 9.17) is 5.73 Å². The third-order valence-electron chi connectivity index (χ3n) is 4.20. The molecule has 0 radical (unpaired) electrons. The molecule has 2 rings (SSSR count). The molecule has 0 unspecified atom stereocenters. The molecule has 0 atom stereocenters. The van der Waals surface area contributed by atoms with Gasteiger partial charge in [0.05, 0.1) is 0 Å². The first-order valence-corrected chi connectivity index (χ1v) is 7.23. The van der Waals surface area contributed by atoms with Crippen molar-refractivity contribution < 1.29 is 4.79 Å². The van der Waals surface area contributed by atoms with E-state index in [-0.39, 0.29) is 0 Å². The largest absolute Gasteiger partial charge is 0.337 e. The van der Waals surface area contributed by atoms with Gasteiger partial charge >= 0.3 is 0 Å². The Morgan fingerprint density at radius 3 is 2.12 bits per heavy atom. The molecule has 0 aromatic rings. The van der Waals surface area contributed by atoms with Gasteiger partial charge in [-0.3, -0.25) is 4.79 Å². The predicted octanol–water partition coefficient (Wildman–Crippen LogP) is 2.29. The summed E-state index contributed by atoms with van der Waals surface area (Å²) in [6.07, 6.45) is 8.94. The highest BCUT2D eigenvalue weighted by molar-refractivity contribution is 5.77. The normalized spacial score (nSPS) is 29.1. The zero-order valence-corrected chi connectivity index (χ0v) is 11.0. The van der Waals surface area contributed by atoms with E-state index in [1.807, 2.05) is 0 Å². The summed E-state index contributed by atoms with van der Waals surface area (Å²) in [6, 6.07) is 1.10. The molecule has 1 amide bonds. The fraction of sp³-hybridized carbons (Fsp3) is 0.929. The molecule has 2 N–H and O–H groups in total. The second-order valence-corrected chi connectivity index (χ2v) is 5.84. The molecule has 3 nitrogen and oxygen atoms in total. The van der Waals surface area contributed by atoms with E-state index >= 15 is 0 Å². The van der Waals surface area contributed by atoms with Crippen molar-refractivity contribution in [2.75, 3.05) is 6.54 Å². The number of carbonyl (C=O) groups excluding carboxylic acids is 1. The van der Waals surface area contributed by atoms with Crippen LogP contribution < -0.4 is 5.73 Å². The summed E-state index contributed by atoms with van der Waals surface area (Å²) in [5.41, 5.74) is 5.49. The van der Waals surface area contributed by atoms with Crippen molar-refractivity contribution in [2.24, 2.45) is 11.7 Å². The Bertz CT molecular complexity index is 255. The Morgan fingerprint density at radius 2 is 1.65 bits per heavy atom. The van der Waals surface area contributed by atoms with Crippen molar-refractivity contribution in [3.63, 3.8) is 0 Å². The maximum atomic E-state index is 12.2. The van der Waals surface area contributed by atoms with Gasteiger partial charge in [-0.2, -0.15) is 0 Å². The lowest BCUT2D eigenvalue weighted by Crippen LogP contribution is -2.43. The van der Waals surface area contributed by atoms with Crippen molar-refractivity contribution in [1.82, 2.24) is 4.90 Å². The van der Waals surface area contributed by atoms with Crippen molar-refractivity contribution >= 4 is 5.91 Å². The fourth-order valence-corrected chi connectivity index (χ4v) is 2.96. The molecular formula is C14H26N2O. The van der Waals surface area contributed by atoms with Crippen LogP contribution in [0.1, 0.15) is 58.3 Å². The van der Waals surface area contributed by atoms with E-state index in [0.29, 0.717) is 31.0 Å². The minimum Gasteiger partial charge on any atom is -0.337 e. The monoisotopic (exact) mass is 238 g/mol. The van der Waals surface area contributed by atoms with Crippen molar-refractivity contribution in [1.29, 1.82) is 0 Å². The lowest BCUT2D eigenvalue weighted by atomic mass is 9.86. The van der Waals surface area contributed by atoms with Gasteiger partial charge in [0, 0.05) is 18.5 Å². The van der Waals surface area contributed by atoms with Crippen LogP contribution in [0.15, 0.2) is 0 Å². The third-order valence-corrected chi connectivity index (χ3v) is 4.20. The Balaban J connectivity index is 1.90. The summed E-state index contributed by atoms with van der Waals surface area (Å²) in [5.74, 6) is 1.21. The van der Waals surface area contributed by atoms with Crippen LogP contribution in [0.25, 0.3) is 0 Å². The average Bonchev–Trinajstić information content (AvgIpc) is 3.14. The first kappa shape index (κ1) is 12.9. The maximum absolute atomic E-state index is 12.2. The molecule has 0 aromatic heterocycles. The van der Waals surface area contributed by atoms with Crippen LogP contribution in [0.3, 0.4) is 0 Å². The van der Waals surface area contributed by atoms with Gasteiger partial charge < -0.3 is 10.6 Å². The van der Waals surface area contributed by atoms with Crippen molar-refractivity contribution in [2.45, 2.75) is 70.4 Å². The van der Waals surface area contributed by atoms with E-state index in [1.54, 1.807) is 0 Å². The van der Waals surface area contributed by atoms with E-state index in [1.165, 1.54) is 38.5 Å². The summed E-state index contributed by atoms with van der Waals surface area (Å²) in [5, 5.41) is 0. The first-order valence-electron chi connectivity index (χ1n) is 7.23. The standard InChI is InChI=1S/C14H26N2O/c1-11-4-6-12(7-5-11)16(13-8-9-13)14(17)3-2-10-15/h11-13H,2-10,15H2,1H3. The fourth-order valence-electron chi connectivity index (χ4n) is 2.96. The van der Waals surface area contributed by atoms with Crippen LogP contribution in [0, 0.1) is 5.92 Å². The summed E-state index contributed by atoms with van der Waals surface area (Å²) in [4.78, 5) is 14.5. The smallest absolute Gasteiger partial charge is 0.223 e. The number of nitrogens with zero attached hydrogens (tertiary/aromatic N) is 1. The highest BCUT2D eigenvalue weighted by Gasteiger charge is 2.37. The molecule has 17 heavy (non-hydrogen) atoms. The number of nitrogens with two attached hydrogens (primary N) is 1. The summed E-state index contributed by atoms with van der Waals surface area (Å²) in [6.45, 7) is 2.96. The molecule has 3 heteroatoms. The van der Waals surface area contributed by atoms with Crippen LogP contribution in [-0.2, 0) is 4.79 Å². The first-order chi connectivity index (χ1) is 8.22. The number of amides is 1. The molecule has 2 aliphatic rings. The van der Waals surface area contributed by atoms with E-state index in [0.717, 1.165) is 12.3 Å². The second-order valence-electron chi connectivity index (χ2n) is 5.84. The van der Waals surface area contributed by atoms with Gasteiger partial charge in [-0.05, 0) is 57.4 Å². The summed E-state index contributed by atoms with van der Waals surface area (Å²) in [7, 11) is 0. The van der Waals surface area contributed by atoms with Gasteiger partial charge in [-0.25, -0.2) is 0 Å². The minimum atomic E-state index is 0.359. The SMILES string of the molecule is CC1CCC(N(C(=O)CCCN)C2CC2)CC1. The summed E-state index contributed by atoms with van der Waals surface area (Å²) < 4.78 is 0. The molecule has 0 spiro atoms. The van der Waals surface area contributed by atoms with Crippen LogP contribution in [0.4, 0.5) is 0 Å². The van der Waals surface area contributed by atoms with Crippen LogP contribution in [-0.4, -0.2) is 29.4 Å². The highest BCUT2D eigenvalue weighted by Crippen LogP contribution is 2.35. The Kier molecular flexibility index (Phi) is 4.43. The average molecular weight is 238 g/mol. The Labute approximate surface area is 105 Å².